The minimum Gasteiger partial charge on any atom is -0.385 e. The molecule has 1 saturated carbocycles. The van der Waals surface area contributed by atoms with Gasteiger partial charge in [-0.1, -0.05) is 0 Å². The molecule has 0 aromatic carbocycles. The third kappa shape index (κ3) is 3.57. The fraction of sp³-hybridized carbons (Fsp3) is 0.917. The lowest BCUT2D eigenvalue weighted by Crippen LogP contribution is -2.36. The molecule has 1 aliphatic carbocycles. The summed E-state index contributed by atoms with van der Waals surface area (Å²) in [6.45, 7) is 5.25. The molecular weight excluding hydrogens is 218 g/mol. The number of carbonyl (C=O) groups is 1. The van der Waals surface area contributed by atoms with Crippen LogP contribution in [0.4, 0.5) is 4.79 Å². The molecule has 0 unspecified atom stereocenters. The summed E-state index contributed by atoms with van der Waals surface area (Å²) >= 11 is 0. The molecule has 5 nitrogen and oxygen atoms in total. The Hall–Kier alpha value is -0.810. The molecule has 0 radical (unpaired) electrons. The molecule has 1 saturated heterocycles. The standard InChI is InChI=1S/C12H23N3O2/c1-17-9-4-12(2-3-12)10-13-5-7-15-8-6-14-11(15)16/h13H,2-10H2,1H3,(H,14,16). The van der Waals surface area contributed by atoms with E-state index in [2.05, 4.69) is 10.6 Å². The zero-order valence-corrected chi connectivity index (χ0v) is 10.6. The highest BCUT2D eigenvalue weighted by Gasteiger charge is 2.41. The average molecular weight is 241 g/mol. The Labute approximate surface area is 103 Å². The van der Waals surface area contributed by atoms with E-state index in [-0.39, 0.29) is 6.03 Å². The number of urea groups is 1. The van der Waals surface area contributed by atoms with E-state index in [9.17, 15) is 4.79 Å². The summed E-state index contributed by atoms with van der Waals surface area (Å²) in [7, 11) is 1.76. The van der Waals surface area contributed by atoms with Crippen LogP contribution in [0.5, 0.6) is 0 Å². The second-order valence-electron chi connectivity index (χ2n) is 5.14. The first-order valence-electron chi connectivity index (χ1n) is 6.48. The van der Waals surface area contributed by atoms with E-state index in [0.717, 1.165) is 45.8 Å². The van der Waals surface area contributed by atoms with Crippen molar-refractivity contribution in [1.82, 2.24) is 15.5 Å². The normalized spacial score (nSPS) is 21.7. The SMILES string of the molecule is COCCC1(CNCCN2CCNC2=O)CC1. The molecule has 1 heterocycles. The van der Waals surface area contributed by atoms with Gasteiger partial charge in [0.25, 0.3) is 0 Å². The van der Waals surface area contributed by atoms with E-state index in [1.165, 1.54) is 12.8 Å². The Bertz CT molecular complexity index is 266. The number of nitrogens with zero attached hydrogens (tertiary/aromatic N) is 1. The molecule has 0 atom stereocenters. The molecule has 1 aliphatic heterocycles. The predicted molar refractivity (Wildman–Crippen MR) is 66.0 cm³/mol. The highest BCUT2D eigenvalue weighted by molar-refractivity contribution is 5.76. The molecule has 5 heteroatoms. The van der Waals surface area contributed by atoms with Crippen LogP contribution in [0, 0.1) is 5.41 Å². The fourth-order valence-corrected chi connectivity index (χ4v) is 2.30. The number of nitrogens with one attached hydrogen (secondary N) is 2. The quantitative estimate of drug-likeness (QED) is 0.606. The third-order valence-corrected chi connectivity index (χ3v) is 3.80. The lowest BCUT2D eigenvalue weighted by atomic mass is 10.0. The summed E-state index contributed by atoms with van der Waals surface area (Å²) in [5, 5.41) is 6.28. The summed E-state index contributed by atoms with van der Waals surface area (Å²) in [5.41, 5.74) is 0.489. The van der Waals surface area contributed by atoms with Crippen molar-refractivity contribution in [2.45, 2.75) is 19.3 Å². The molecule has 0 aromatic rings. The summed E-state index contributed by atoms with van der Waals surface area (Å²) in [4.78, 5) is 13.2. The van der Waals surface area contributed by atoms with E-state index in [0.29, 0.717) is 5.41 Å². The number of rotatable bonds is 8. The molecule has 0 bridgehead atoms. The summed E-state index contributed by atoms with van der Waals surface area (Å²) in [5.74, 6) is 0. The Morgan fingerprint density at radius 3 is 2.94 bits per heavy atom. The zero-order valence-electron chi connectivity index (χ0n) is 10.6. The van der Waals surface area contributed by atoms with Gasteiger partial charge in [-0.3, -0.25) is 0 Å². The van der Waals surface area contributed by atoms with Crippen LogP contribution >= 0.6 is 0 Å². The molecule has 2 fully saturated rings. The van der Waals surface area contributed by atoms with Gasteiger partial charge in [-0.05, 0) is 24.7 Å². The van der Waals surface area contributed by atoms with Gasteiger partial charge < -0.3 is 20.3 Å². The van der Waals surface area contributed by atoms with Gasteiger partial charge >= 0.3 is 6.03 Å². The van der Waals surface area contributed by atoms with Crippen molar-refractivity contribution < 1.29 is 9.53 Å². The van der Waals surface area contributed by atoms with Crippen molar-refractivity contribution in [3.05, 3.63) is 0 Å². The van der Waals surface area contributed by atoms with Gasteiger partial charge in [0, 0.05) is 46.4 Å². The summed E-state index contributed by atoms with van der Waals surface area (Å²) < 4.78 is 5.13. The van der Waals surface area contributed by atoms with Crippen LogP contribution in [0.25, 0.3) is 0 Å². The molecule has 2 aliphatic rings. The summed E-state index contributed by atoms with van der Waals surface area (Å²) in [6, 6.07) is 0.0762. The molecular formula is C12H23N3O2. The Morgan fingerprint density at radius 2 is 2.35 bits per heavy atom. The van der Waals surface area contributed by atoms with Crippen molar-refractivity contribution in [3.8, 4) is 0 Å². The molecule has 2 N–H and O–H groups in total. The summed E-state index contributed by atoms with van der Waals surface area (Å²) in [6.07, 6.45) is 3.78. The Kier molecular flexibility index (Phi) is 4.23. The van der Waals surface area contributed by atoms with Crippen LogP contribution in [0.2, 0.25) is 0 Å². The van der Waals surface area contributed by atoms with E-state index >= 15 is 0 Å². The minimum absolute atomic E-state index is 0.0762. The first-order chi connectivity index (χ1) is 8.26. The van der Waals surface area contributed by atoms with Crippen LogP contribution in [-0.4, -0.2) is 57.4 Å². The van der Waals surface area contributed by atoms with Gasteiger partial charge in [-0.15, -0.1) is 0 Å². The van der Waals surface area contributed by atoms with Crippen molar-refractivity contribution in [1.29, 1.82) is 0 Å². The van der Waals surface area contributed by atoms with Gasteiger partial charge in [0.05, 0.1) is 0 Å². The second kappa shape index (κ2) is 5.69. The highest BCUT2D eigenvalue weighted by atomic mass is 16.5. The molecule has 98 valence electrons. The molecule has 0 aromatic heterocycles. The highest BCUT2D eigenvalue weighted by Crippen LogP contribution is 2.48. The maximum Gasteiger partial charge on any atom is 0.317 e. The van der Waals surface area contributed by atoms with Crippen molar-refractivity contribution in [3.63, 3.8) is 0 Å². The Morgan fingerprint density at radius 1 is 1.53 bits per heavy atom. The molecule has 2 rings (SSSR count). The number of amides is 2. The Balaban J connectivity index is 1.55. The maximum atomic E-state index is 11.3. The number of hydrogen-bond donors (Lipinski definition) is 2. The van der Waals surface area contributed by atoms with Gasteiger partial charge in [0.2, 0.25) is 0 Å². The van der Waals surface area contributed by atoms with Gasteiger partial charge in [-0.25, -0.2) is 4.79 Å². The monoisotopic (exact) mass is 241 g/mol. The smallest absolute Gasteiger partial charge is 0.317 e. The number of hydrogen-bond acceptors (Lipinski definition) is 3. The van der Waals surface area contributed by atoms with Crippen LogP contribution in [0.3, 0.4) is 0 Å². The van der Waals surface area contributed by atoms with E-state index in [4.69, 9.17) is 4.74 Å². The van der Waals surface area contributed by atoms with Crippen LogP contribution in [-0.2, 0) is 4.74 Å². The van der Waals surface area contributed by atoms with Crippen LogP contribution < -0.4 is 10.6 Å². The zero-order chi connectivity index (χ0) is 12.1. The van der Waals surface area contributed by atoms with Gasteiger partial charge in [-0.2, -0.15) is 0 Å². The van der Waals surface area contributed by atoms with Crippen molar-refractivity contribution >= 4 is 6.03 Å². The van der Waals surface area contributed by atoms with E-state index in [1.807, 2.05) is 4.90 Å². The maximum absolute atomic E-state index is 11.3. The topological polar surface area (TPSA) is 53.6 Å². The average Bonchev–Trinajstić information content (AvgIpc) is 2.99. The third-order valence-electron chi connectivity index (χ3n) is 3.80. The van der Waals surface area contributed by atoms with Crippen LogP contribution in [0.1, 0.15) is 19.3 Å². The fourth-order valence-electron chi connectivity index (χ4n) is 2.30. The first kappa shape index (κ1) is 12.6. The van der Waals surface area contributed by atoms with Crippen molar-refractivity contribution in [2.75, 3.05) is 46.4 Å². The first-order valence-corrected chi connectivity index (χ1v) is 6.48. The number of carbonyl (C=O) groups excluding carboxylic acids is 1. The lowest BCUT2D eigenvalue weighted by molar-refractivity contribution is 0.171. The number of methoxy groups -OCH3 is 1. The molecule has 0 spiro atoms. The molecule has 17 heavy (non-hydrogen) atoms. The molecule has 2 amide bonds. The van der Waals surface area contributed by atoms with Crippen LogP contribution in [0.15, 0.2) is 0 Å². The van der Waals surface area contributed by atoms with Crippen molar-refractivity contribution in [2.24, 2.45) is 5.41 Å². The second-order valence-corrected chi connectivity index (χ2v) is 5.14. The van der Waals surface area contributed by atoms with Gasteiger partial charge in [0.15, 0.2) is 0 Å². The lowest BCUT2D eigenvalue weighted by Gasteiger charge is -2.18. The largest absolute Gasteiger partial charge is 0.385 e. The predicted octanol–water partition coefficient (Wildman–Crippen LogP) is 0.418. The van der Waals surface area contributed by atoms with E-state index in [1.54, 1.807) is 7.11 Å². The number of ether oxygens (including phenoxy) is 1. The minimum atomic E-state index is 0.0762. The van der Waals surface area contributed by atoms with Gasteiger partial charge in [0.1, 0.15) is 0 Å². The van der Waals surface area contributed by atoms with E-state index < -0.39 is 0 Å².